The fourth-order valence-corrected chi connectivity index (χ4v) is 1.21. The second-order valence-corrected chi connectivity index (χ2v) is 3.49. The molecule has 16 heavy (non-hydrogen) atoms. The van der Waals surface area contributed by atoms with Gasteiger partial charge in [0.05, 0.1) is 0 Å². The van der Waals surface area contributed by atoms with E-state index in [2.05, 4.69) is 9.97 Å². The molecule has 0 saturated carbocycles. The highest BCUT2D eigenvalue weighted by Crippen LogP contribution is 2.17. The van der Waals surface area contributed by atoms with Crippen LogP contribution in [-0.4, -0.2) is 9.97 Å². The lowest BCUT2D eigenvalue weighted by molar-refractivity contribution is 0.441. The summed E-state index contributed by atoms with van der Waals surface area (Å²) in [5.41, 5.74) is 7.52. The van der Waals surface area contributed by atoms with Crippen LogP contribution in [0.1, 0.15) is 11.1 Å². The number of ether oxygens (including phenoxy) is 1. The molecule has 0 radical (unpaired) electrons. The summed E-state index contributed by atoms with van der Waals surface area (Å²) >= 11 is 0. The highest BCUT2D eigenvalue weighted by Gasteiger charge is 1.99. The molecule has 1 heterocycles. The molecule has 0 spiro atoms. The molecule has 0 aliphatic rings. The lowest BCUT2D eigenvalue weighted by Crippen LogP contribution is -1.99. The first-order chi connectivity index (χ1) is 7.78. The minimum absolute atomic E-state index is 0.334. The summed E-state index contributed by atoms with van der Waals surface area (Å²) < 4.78 is 5.47. The van der Waals surface area contributed by atoms with E-state index in [1.807, 2.05) is 31.2 Å². The predicted octanol–water partition coefficient (Wildman–Crippen LogP) is 2.04. The Kier molecular flexibility index (Phi) is 3.12. The van der Waals surface area contributed by atoms with Crippen molar-refractivity contribution in [1.29, 1.82) is 0 Å². The predicted molar refractivity (Wildman–Crippen MR) is 61.2 cm³/mol. The molecule has 0 unspecified atom stereocenters. The number of aryl methyl sites for hydroxylation is 1. The Morgan fingerprint density at radius 1 is 1.12 bits per heavy atom. The minimum atomic E-state index is 0.334. The highest BCUT2D eigenvalue weighted by molar-refractivity contribution is 5.28. The standard InChI is InChI=1S/C12H13N3O/c1-9-2-4-11(5-3-9)16-12-14-7-10(6-13)8-15-12/h2-5,7-8H,6,13H2,1H3. The Morgan fingerprint density at radius 2 is 1.75 bits per heavy atom. The van der Waals surface area contributed by atoms with E-state index >= 15 is 0 Å². The molecular weight excluding hydrogens is 202 g/mol. The molecule has 4 heteroatoms. The molecule has 1 aromatic heterocycles. The Balaban J connectivity index is 2.11. The second kappa shape index (κ2) is 4.72. The summed E-state index contributed by atoms with van der Waals surface area (Å²) in [5, 5.41) is 0. The summed E-state index contributed by atoms with van der Waals surface area (Å²) in [4.78, 5) is 8.11. The Morgan fingerprint density at radius 3 is 2.31 bits per heavy atom. The lowest BCUT2D eigenvalue weighted by Gasteiger charge is -2.03. The number of nitrogens with two attached hydrogens (primary N) is 1. The van der Waals surface area contributed by atoms with Crippen LogP contribution in [0.3, 0.4) is 0 Å². The summed E-state index contributed by atoms with van der Waals surface area (Å²) in [6, 6.07) is 8.05. The maximum absolute atomic E-state index is 5.47. The highest BCUT2D eigenvalue weighted by atomic mass is 16.5. The molecule has 2 N–H and O–H groups in total. The van der Waals surface area contributed by atoms with Crippen LogP contribution in [0.4, 0.5) is 0 Å². The van der Waals surface area contributed by atoms with E-state index in [4.69, 9.17) is 10.5 Å². The molecule has 2 aromatic rings. The minimum Gasteiger partial charge on any atom is -0.424 e. The molecule has 0 fully saturated rings. The quantitative estimate of drug-likeness (QED) is 0.851. The van der Waals surface area contributed by atoms with Crippen LogP contribution < -0.4 is 10.5 Å². The van der Waals surface area contributed by atoms with E-state index in [0.717, 1.165) is 11.3 Å². The Bertz CT molecular complexity index is 451. The monoisotopic (exact) mass is 215 g/mol. The second-order valence-electron chi connectivity index (χ2n) is 3.49. The maximum Gasteiger partial charge on any atom is 0.321 e. The molecule has 1 aromatic carbocycles. The maximum atomic E-state index is 5.47. The summed E-state index contributed by atoms with van der Waals surface area (Å²) in [5.74, 6) is 0.728. The number of benzene rings is 1. The number of hydrogen-bond acceptors (Lipinski definition) is 4. The van der Waals surface area contributed by atoms with Crippen LogP contribution in [0.15, 0.2) is 36.7 Å². The van der Waals surface area contributed by atoms with Crippen molar-refractivity contribution >= 4 is 0 Å². The van der Waals surface area contributed by atoms with Crippen molar-refractivity contribution in [3.05, 3.63) is 47.8 Å². The lowest BCUT2D eigenvalue weighted by atomic mass is 10.2. The first-order valence-corrected chi connectivity index (χ1v) is 5.03. The summed E-state index contributed by atoms with van der Waals surface area (Å²) in [6.45, 7) is 2.46. The van der Waals surface area contributed by atoms with E-state index in [0.29, 0.717) is 12.6 Å². The zero-order chi connectivity index (χ0) is 11.4. The topological polar surface area (TPSA) is 61.0 Å². The van der Waals surface area contributed by atoms with E-state index in [1.165, 1.54) is 5.56 Å². The van der Waals surface area contributed by atoms with E-state index in [1.54, 1.807) is 12.4 Å². The van der Waals surface area contributed by atoms with Gasteiger partial charge >= 0.3 is 6.01 Å². The van der Waals surface area contributed by atoms with Crippen molar-refractivity contribution < 1.29 is 4.74 Å². The van der Waals surface area contributed by atoms with Gasteiger partial charge in [0, 0.05) is 24.5 Å². The first-order valence-electron chi connectivity index (χ1n) is 5.03. The molecule has 0 saturated heterocycles. The fraction of sp³-hybridized carbons (Fsp3) is 0.167. The van der Waals surface area contributed by atoms with Gasteiger partial charge in [-0.2, -0.15) is 0 Å². The van der Waals surface area contributed by atoms with Gasteiger partial charge in [-0.15, -0.1) is 0 Å². The average molecular weight is 215 g/mol. The normalized spacial score (nSPS) is 10.1. The zero-order valence-corrected chi connectivity index (χ0v) is 9.05. The van der Waals surface area contributed by atoms with Gasteiger partial charge in [-0.1, -0.05) is 17.7 Å². The Labute approximate surface area is 94.1 Å². The molecule has 0 aliphatic heterocycles. The van der Waals surface area contributed by atoms with Crippen molar-refractivity contribution in [2.45, 2.75) is 13.5 Å². The van der Waals surface area contributed by atoms with Crippen LogP contribution in [0.25, 0.3) is 0 Å². The van der Waals surface area contributed by atoms with Crippen molar-refractivity contribution in [2.75, 3.05) is 0 Å². The van der Waals surface area contributed by atoms with Gasteiger partial charge < -0.3 is 10.5 Å². The summed E-state index contributed by atoms with van der Waals surface area (Å²) in [7, 11) is 0. The van der Waals surface area contributed by atoms with Crippen molar-refractivity contribution in [3.63, 3.8) is 0 Å². The van der Waals surface area contributed by atoms with Crippen molar-refractivity contribution in [2.24, 2.45) is 5.73 Å². The van der Waals surface area contributed by atoms with Crippen LogP contribution in [0.2, 0.25) is 0 Å². The van der Waals surface area contributed by atoms with E-state index < -0.39 is 0 Å². The van der Waals surface area contributed by atoms with Gasteiger partial charge in [0.2, 0.25) is 0 Å². The molecule has 82 valence electrons. The van der Waals surface area contributed by atoms with E-state index in [-0.39, 0.29) is 0 Å². The number of nitrogens with zero attached hydrogens (tertiary/aromatic N) is 2. The van der Waals surface area contributed by atoms with Crippen LogP contribution in [-0.2, 0) is 6.54 Å². The van der Waals surface area contributed by atoms with Crippen LogP contribution in [0, 0.1) is 6.92 Å². The largest absolute Gasteiger partial charge is 0.424 e. The summed E-state index contributed by atoms with van der Waals surface area (Å²) in [6.07, 6.45) is 3.33. The van der Waals surface area contributed by atoms with Crippen LogP contribution in [0.5, 0.6) is 11.8 Å². The Hall–Kier alpha value is -1.94. The third kappa shape index (κ3) is 2.55. The molecule has 2 rings (SSSR count). The van der Waals surface area contributed by atoms with Gasteiger partial charge in [0.15, 0.2) is 0 Å². The SMILES string of the molecule is Cc1ccc(Oc2ncc(CN)cn2)cc1. The molecule has 0 aliphatic carbocycles. The number of hydrogen-bond donors (Lipinski definition) is 1. The van der Waals surface area contributed by atoms with E-state index in [9.17, 15) is 0 Å². The zero-order valence-electron chi connectivity index (χ0n) is 9.05. The number of aromatic nitrogens is 2. The third-order valence-electron chi connectivity index (χ3n) is 2.15. The molecule has 4 nitrogen and oxygen atoms in total. The van der Waals surface area contributed by atoms with Gasteiger partial charge in [0.25, 0.3) is 0 Å². The van der Waals surface area contributed by atoms with Gasteiger partial charge in [-0.25, -0.2) is 9.97 Å². The molecule has 0 amide bonds. The fourth-order valence-electron chi connectivity index (χ4n) is 1.21. The van der Waals surface area contributed by atoms with Gasteiger partial charge in [-0.3, -0.25) is 0 Å². The smallest absolute Gasteiger partial charge is 0.321 e. The van der Waals surface area contributed by atoms with Gasteiger partial charge in [0.1, 0.15) is 5.75 Å². The van der Waals surface area contributed by atoms with Crippen LogP contribution >= 0.6 is 0 Å². The van der Waals surface area contributed by atoms with Gasteiger partial charge in [-0.05, 0) is 19.1 Å². The molecule has 0 atom stereocenters. The first kappa shape index (κ1) is 10.6. The average Bonchev–Trinajstić information content (AvgIpc) is 2.33. The number of rotatable bonds is 3. The molecular formula is C12H13N3O. The van der Waals surface area contributed by atoms with Crippen molar-refractivity contribution in [1.82, 2.24) is 9.97 Å². The third-order valence-corrected chi connectivity index (χ3v) is 2.15. The molecule has 0 bridgehead atoms. The van der Waals surface area contributed by atoms with Crippen molar-refractivity contribution in [3.8, 4) is 11.8 Å².